The number of amides is 2. The molecule has 0 aromatic rings. The molecule has 84 valence electrons. The van der Waals surface area contributed by atoms with Gasteiger partial charge in [-0.15, -0.1) is 0 Å². The molecule has 15 heavy (non-hydrogen) atoms. The third-order valence-electron chi connectivity index (χ3n) is 2.66. The van der Waals surface area contributed by atoms with Crippen molar-refractivity contribution in [3.05, 3.63) is 0 Å². The van der Waals surface area contributed by atoms with Crippen molar-refractivity contribution in [2.75, 3.05) is 6.54 Å². The molecular formula is C8H12N2O5. The van der Waals surface area contributed by atoms with E-state index in [1.165, 1.54) is 6.92 Å². The van der Waals surface area contributed by atoms with E-state index < -0.39 is 35.9 Å². The maximum Gasteiger partial charge on any atom is 0.276 e. The Bertz CT molecular complexity index is 320. The number of hydrogen-bond acceptors (Lipinski definition) is 5. The number of rotatable bonds is 0. The zero-order valence-corrected chi connectivity index (χ0v) is 8.06. The Kier molecular flexibility index (Phi) is 2.18. The summed E-state index contributed by atoms with van der Waals surface area (Å²) in [5.74, 6) is -1.10. The topological polar surface area (TPSA) is 108 Å². The summed E-state index contributed by atoms with van der Waals surface area (Å²) in [5.41, 5.74) is -1.84. The number of piperazine rings is 1. The van der Waals surface area contributed by atoms with E-state index in [0.29, 0.717) is 0 Å². The van der Waals surface area contributed by atoms with Crippen LogP contribution in [0.15, 0.2) is 0 Å². The van der Waals surface area contributed by atoms with Gasteiger partial charge in [0, 0.05) is 0 Å². The number of ether oxygens (including phenoxy) is 1. The first kappa shape index (κ1) is 10.3. The maximum atomic E-state index is 11.5. The van der Waals surface area contributed by atoms with Gasteiger partial charge >= 0.3 is 0 Å². The number of nitrogens with one attached hydrogen (secondary N) is 2. The molecule has 0 aliphatic carbocycles. The predicted molar refractivity (Wildman–Crippen MR) is 46.4 cm³/mol. The molecule has 3 unspecified atom stereocenters. The van der Waals surface area contributed by atoms with Gasteiger partial charge in [0.1, 0.15) is 12.2 Å². The Morgan fingerprint density at radius 1 is 1.47 bits per heavy atom. The molecule has 2 saturated heterocycles. The number of aliphatic hydroxyl groups excluding tert-OH is 2. The minimum Gasteiger partial charge on any atom is -0.387 e. The molecule has 0 radical (unpaired) electrons. The fourth-order valence-electron chi connectivity index (χ4n) is 1.82. The highest BCUT2D eigenvalue weighted by Gasteiger charge is 2.60. The van der Waals surface area contributed by atoms with Crippen LogP contribution in [0.4, 0.5) is 0 Å². The molecule has 4 atom stereocenters. The van der Waals surface area contributed by atoms with Crippen LogP contribution in [0.5, 0.6) is 0 Å². The van der Waals surface area contributed by atoms with Crippen LogP contribution in [0.25, 0.3) is 0 Å². The van der Waals surface area contributed by atoms with Gasteiger partial charge in [-0.25, -0.2) is 0 Å². The lowest BCUT2D eigenvalue weighted by atomic mass is 10.0. The molecule has 2 rings (SSSR count). The van der Waals surface area contributed by atoms with Crippen LogP contribution in [0.3, 0.4) is 0 Å². The van der Waals surface area contributed by atoms with E-state index in [4.69, 9.17) is 4.74 Å². The van der Waals surface area contributed by atoms with Crippen molar-refractivity contribution in [1.82, 2.24) is 10.6 Å². The average molecular weight is 216 g/mol. The molecule has 2 aliphatic rings. The summed E-state index contributed by atoms with van der Waals surface area (Å²) in [6, 6.07) is 0. The lowest BCUT2D eigenvalue weighted by Crippen LogP contribution is -2.70. The van der Waals surface area contributed by atoms with E-state index in [1.54, 1.807) is 0 Å². The zero-order chi connectivity index (χ0) is 11.2. The third kappa shape index (κ3) is 1.31. The van der Waals surface area contributed by atoms with Crippen molar-refractivity contribution in [3.63, 3.8) is 0 Å². The van der Waals surface area contributed by atoms with Gasteiger partial charge < -0.3 is 25.6 Å². The summed E-state index contributed by atoms with van der Waals surface area (Å²) in [5, 5.41) is 23.7. The van der Waals surface area contributed by atoms with Gasteiger partial charge in [0.2, 0.25) is 5.91 Å². The fraction of sp³-hybridized carbons (Fsp3) is 0.750. The van der Waals surface area contributed by atoms with Crippen molar-refractivity contribution in [2.24, 2.45) is 0 Å². The van der Waals surface area contributed by atoms with Crippen molar-refractivity contribution < 1.29 is 24.5 Å². The Morgan fingerprint density at radius 2 is 2.13 bits per heavy atom. The predicted octanol–water partition coefficient (Wildman–Crippen LogP) is -2.93. The molecule has 0 saturated carbocycles. The fourth-order valence-corrected chi connectivity index (χ4v) is 1.82. The summed E-state index contributed by atoms with van der Waals surface area (Å²) in [4.78, 5) is 22.7. The molecule has 2 heterocycles. The van der Waals surface area contributed by atoms with E-state index in [1.807, 2.05) is 0 Å². The largest absolute Gasteiger partial charge is 0.387 e. The molecule has 7 heteroatoms. The highest BCUT2D eigenvalue weighted by atomic mass is 16.6. The second-order valence-corrected chi connectivity index (χ2v) is 3.72. The van der Waals surface area contributed by atoms with Crippen LogP contribution < -0.4 is 10.6 Å². The summed E-state index contributed by atoms with van der Waals surface area (Å²) < 4.78 is 5.15. The van der Waals surface area contributed by atoms with E-state index in [0.717, 1.165) is 0 Å². The number of hydrogen-bond donors (Lipinski definition) is 4. The van der Waals surface area contributed by atoms with Crippen LogP contribution in [-0.2, 0) is 14.3 Å². The molecule has 0 aromatic carbocycles. The van der Waals surface area contributed by atoms with E-state index in [-0.39, 0.29) is 6.54 Å². The van der Waals surface area contributed by atoms with Gasteiger partial charge in [-0.3, -0.25) is 9.59 Å². The van der Waals surface area contributed by atoms with Gasteiger partial charge in [-0.1, -0.05) is 0 Å². The first-order chi connectivity index (χ1) is 6.97. The summed E-state index contributed by atoms with van der Waals surface area (Å²) >= 11 is 0. The lowest BCUT2D eigenvalue weighted by Gasteiger charge is -2.34. The highest BCUT2D eigenvalue weighted by Crippen LogP contribution is 2.30. The number of carbonyl (C=O) groups excluding carboxylic acids is 2. The second-order valence-electron chi connectivity index (χ2n) is 3.72. The zero-order valence-electron chi connectivity index (χ0n) is 8.06. The summed E-state index contributed by atoms with van der Waals surface area (Å²) in [6.45, 7) is 1.36. The van der Waals surface area contributed by atoms with Gasteiger partial charge in [0.05, 0.1) is 12.6 Å². The molecule has 2 fully saturated rings. The van der Waals surface area contributed by atoms with Crippen LogP contribution in [0.1, 0.15) is 6.92 Å². The molecule has 0 bridgehead atoms. The molecule has 4 N–H and O–H groups in total. The molecule has 7 nitrogen and oxygen atoms in total. The van der Waals surface area contributed by atoms with E-state index in [9.17, 15) is 19.8 Å². The Labute approximate surface area is 85.4 Å². The van der Waals surface area contributed by atoms with Crippen molar-refractivity contribution >= 4 is 11.8 Å². The average Bonchev–Trinajstić information content (AvgIpc) is 2.39. The van der Waals surface area contributed by atoms with Crippen LogP contribution >= 0.6 is 0 Å². The van der Waals surface area contributed by atoms with Gasteiger partial charge in [0.25, 0.3) is 11.6 Å². The lowest BCUT2D eigenvalue weighted by molar-refractivity contribution is -0.170. The van der Waals surface area contributed by atoms with E-state index >= 15 is 0 Å². The van der Waals surface area contributed by atoms with Crippen molar-refractivity contribution in [1.29, 1.82) is 0 Å². The van der Waals surface area contributed by atoms with Crippen LogP contribution in [0, 0.1) is 0 Å². The standard InChI is InChI=1S/C8H12N2O5/c1-3-5(12)6(13)8(15-3)7(14)9-2-4(11)10-8/h3,5-6,12-13H,2H2,1H3,(H,9,14)(H,10,11)/t3?,5?,6?,8-/m1/s1. The minimum atomic E-state index is -1.84. The normalized spacial score (nSPS) is 45.4. The Morgan fingerprint density at radius 3 is 2.67 bits per heavy atom. The molecule has 2 amide bonds. The number of carbonyl (C=O) groups is 2. The number of aliphatic hydroxyl groups is 2. The Hall–Kier alpha value is -1.18. The molecule has 0 aromatic heterocycles. The summed E-state index contributed by atoms with van der Waals surface area (Å²) in [6.07, 6.45) is -3.38. The quantitative estimate of drug-likeness (QED) is 0.347. The molecule has 2 aliphatic heterocycles. The molecular weight excluding hydrogens is 204 g/mol. The first-order valence-corrected chi connectivity index (χ1v) is 4.60. The maximum absolute atomic E-state index is 11.5. The monoisotopic (exact) mass is 216 g/mol. The second kappa shape index (κ2) is 3.16. The van der Waals surface area contributed by atoms with Gasteiger partial charge in [-0.05, 0) is 6.92 Å². The van der Waals surface area contributed by atoms with Crippen LogP contribution in [0.2, 0.25) is 0 Å². The smallest absolute Gasteiger partial charge is 0.276 e. The van der Waals surface area contributed by atoms with Gasteiger partial charge in [-0.2, -0.15) is 0 Å². The third-order valence-corrected chi connectivity index (χ3v) is 2.66. The van der Waals surface area contributed by atoms with Gasteiger partial charge in [0.15, 0.2) is 0 Å². The van der Waals surface area contributed by atoms with Crippen molar-refractivity contribution in [2.45, 2.75) is 31.0 Å². The van der Waals surface area contributed by atoms with E-state index in [2.05, 4.69) is 10.6 Å². The molecule has 1 spiro atoms. The first-order valence-electron chi connectivity index (χ1n) is 4.60. The highest BCUT2D eigenvalue weighted by molar-refractivity contribution is 5.97. The Balaban J connectivity index is 2.32. The summed E-state index contributed by atoms with van der Waals surface area (Å²) in [7, 11) is 0. The van der Waals surface area contributed by atoms with Crippen molar-refractivity contribution in [3.8, 4) is 0 Å². The SMILES string of the molecule is CC1O[C@]2(NC(=O)CNC2=O)C(O)C1O. The minimum absolute atomic E-state index is 0.152. The van der Waals surface area contributed by atoms with Crippen LogP contribution in [-0.4, -0.2) is 52.6 Å².